The van der Waals surface area contributed by atoms with Gasteiger partial charge in [0.05, 0.1) is 41.5 Å². The van der Waals surface area contributed by atoms with E-state index in [9.17, 15) is 30.3 Å². The van der Waals surface area contributed by atoms with Gasteiger partial charge in [-0.05, 0) is 100 Å². The van der Waals surface area contributed by atoms with Crippen molar-refractivity contribution >= 4 is 5.97 Å². The van der Waals surface area contributed by atoms with Gasteiger partial charge in [0.1, 0.15) is 30.0 Å². The third-order valence-corrected chi connectivity index (χ3v) is 13.5. The van der Waals surface area contributed by atoms with E-state index in [4.69, 9.17) is 28.4 Å². The fourth-order valence-electron chi connectivity index (χ4n) is 9.74. The fraction of sp³-hybridized carbons (Fsp3) is 0.844. The van der Waals surface area contributed by atoms with Gasteiger partial charge in [-0.1, -0.05) is 50.6 Å². The first kappa shape index (κ1) is 49.9. The van der Waals surface area contributed by atoms with Gasteiger partial charge < -0.3 is 58.9 Å². The number of hydrogen-bond donors (Lipinski definition) is 5. The topological polar surface area (TPSA) is 180 Å². The molecule has 3 heterocycles. The predicted octanol–water partition coefficient (Wildman–Crippen LogP) is 3.78. The van der Waals surface area contributed by atoms with E-state index in [1.807, 2.05) is 77.9 Å². The largest absolute Gasteiger partial charge is 0.459 e. The standard InChI is InChI=1S/C45H78N2O12/c1-15-34-45(11,53)38(49)30(7)47(24-32-18-16-25(2)17-19-32)23-26(3)21-43(9,52)40(59-42-36(48)33(46(12)13)20-27(4)55-42)28(5)37(29(6)41(51)57-34)58-35-22-44(10,54-14)39(50)31(8)56-35/h16-19,26-31,33-40,42,48-50,52-53H,15,20-24H2,1-14H3/t26-,27-,28+,29-,30-,31+,33+,34-,35+,36-,37+,38-,39+,40-,42+,43-,44-,45-/m1/s1. The fourth-order valence-corrected chi connectivity index (χ4v) is 9.74. The minimum absolute atomic E-state index is 0.124. The summed E-state index contributed by atoms with van der Waals surface area (Å²) < 4.78 is 38.0. The summed E-state index contributed by atoms with van der Waals surface area (Å²) in [7, 11) is 5.29. The van der Waals surface area contributed by atoms with Gasteiger partial charge in [0.25, 0.3) is 0 Å². The van der Waals surface area contributed by atoms with Gasteiger partial charge in [-0.25, -0.2) is 0 Å². The van der Waals surface area contributed by atoms with Crippen LogP contribution in [0.5, 0.6) is 0 Å². The lowest BCUT2D eigenvalue weighted by molar-refractivity contribution is -0.318. The maximum atomic E-state index is 14.5. The molecule has 0 aliphatic carbocycles. The van der Waals surface area contributed by atoms with Crippen LogP contribution in [0.4, 0.5) is 0 Å². The molecule has 3 aliphatic heterocycles. The monoisotopic (exact) mass is 839 g/mol. The van der Waals surface area contributed by atoms with Crippen molar-refractivity contribution in [2.75, 3.05) is 27.7 Å². The highest BCUT2D eigenvalue weighted by molar-refractivity contribution is 5.73. The number of rotatable bonds is 9. The van der Waals surface area contributed by atoms with Crippen molar-refractivity contribution in [1.82, 2.24) is 9.80 Å². The summed E-state index contributed by atoms with van der Waals surface area (Å²) in [6, 6.07) is 7.24. The van der Waals surface area contributed by atoms with E-state index >= 15 is 0 Å². The summed E-state index contributed by atoms with van der Waals surface area (Å²) in [5.74, 6) is -2.70. The predicted molar refractivity (Wildman–Crippen MR) is 223 cm³/mol. The number of carbonyl (C=O) groups is 1. The lowest BCUT2D eigenvalue weighted by Crippen LogP contribution is -2.60. The van der Waals surface area contributed by atoms with Crippen LogP contribution in [0.2, 0.25) is 0 Å². The van der Waals surface area contributed by atoms with E-state index in [1.54, 1.807) is 34.6 Å². The lowest BCUT2D eigenvalue weighted by atomic mass is 9.77. The Hall–Kier alpha value is -1.79. The molecule has 3 saturated heterocycles. The highest BCUT2D eigenvalue weighted by Crippen LogP contribution is 2.40. The van der Waals surface area contributed by atoms with Crippen molar-refractivity contribution in [2.45, 2.75) is 199 Å². The van der Waals surface area contributed by atoms with Crippen molar-refractivity contribution in [3.8, 4) is 0 Å². The lowest BCUT2D eigenvalue weighted by Gasteiger charge is -2.48. The molecule has 3 aliphatic rings. The normalized spacial score (nSPS) is 45.1. The molecular formula is C45H78N2O12. The molecule has 14 nitrogen and oxygen atoms in total. The first-order valence-electron chi connectivity index (χ1n) is 21.7. The maximum absolute atomic E-state index is 14.5. The summed E-state index contributed by atoms with van der Waals surface area (Å²) >= 11 is 0. The highest BCUT2D eigenvalue weighted by Gasteiger charge is 2.53. The zero-order valence-electron chi connectivity index (χ0n) is 38.2. The molecule has 0 bridgehead atoms. The van der Waals surface area contributed by atoms with Gasteiger partial charge in [-0.3, -0.25) is 9.69 Å². The molecule has 5 N–H and O–H groups in total. The maximum Gasteiger partial charge on any atom is 0.311 e. The molecule has 0 amide bonds. The number of aryl methyl sites for hydroxylation is 1. The van der Waals surface area contributed by atoms with Crippen LogP contribution in [0.1, 0.15) is 106 Å². The Morgan fingerprint density at radius 2 is 1.54 bits per heavy atom. The van der Waals surface area contributed by atoms with E-state index < -0.39 is 96.0 Å². The van der Waals surface area contributed by atoms with Crippen LogP contribution in [-0.4, -0.2) is 159 Å². The molecule has 14 heteroatoms. The second-order valence-corrected chi connectivity index (χ2v) is 19.1. The Morgan fingerprint density at radius 3 is 2.12 bits per heavy atom. The molecule has 0 saturated carbocycles. The third kappa shape index (κ3) is 11.6. The van der Waals surface area contributed by atoms with E-state index in [0.717, 1.165) is 11.1 Å². The van der Waals surface area contributed by atoms with Gasteiger partial charge in [-0.15, -0.1) is 0 Å². The number of esters is 1. The number of aliphatic hydroxyl groups excluding tert-OH is 3. The number of nitrogens with zero attached hydrogens (tertiary/aromatic N) is 2. The van der Waals surface area contributed by atoms with E-state index in [1.165, 1.54) is 14.0 Å². The molecule has 3 fully saturated rings. The number of likely N-dealkylation sites (N-methyl/N-ethyl adjacent to an activating group) is 1. The minimum atomic E-state index is -1.86. The van der Waals surface area contributed by atoms with Gasteiger partial charge in [0, 0.05) is 44.6 Å². The number of hydrogen-bond acceptors (Lipinski definition) is 14. The van der Waals surface area contributed by atoms with Crippen LogP contribution >= 0.6 is 0 Å². The van der Waals surface area contributed by atoms with Crippen LogP contribution in [-0.2, 0) is 39.8 Å². The van der Waals surface area contributed by atoms with Crippen LogP contribution in [0.15, 0.2) is 24.3 Å². The van der Waals surface area contributed by atoms with Gasteiger partial charge in [0.2, 0.25) is 0 Å². The zero-order valence-corrected chi connectivity index (χ0v) is 38.2. The number of benzene rings is 1. The summed E-state index contributed by atoms with van der Waals surface area (Å²) in [4.78, 5) is 18.5. The van der Waals surface area contributed by atoms with Crippen molar-refractivity contribution in [3.05, 3.63) is 35.4 Å². The van der Waals surface area contributed by atoms with Crippen molar-refractivity contribution < 1.29 is 58.7 Å². The van der Waals surface area contributed by atoms with E-state index in [0.29, 0.717) is 19.5 Å². The van der Waals surface area contributed by atoms with Crippen LogP contribution in [0, 0.1) is 24.7 Å². The molecule has 1 aromatic carbocycles. The third-order valence-electron chi connectivity index (χ3n) is 13.5. The Morgan fingerprint density at radius 1 is 0.915 bits per heavy atom. The Kier molecular flexibility index (Phi) is 17.0. The van der Waals surface area contributed by atoms with Gasteiger partial charge in [-0.2, -0.15) is 0 Å². The zero-order chi connectivity index (χ0) is 44.4. The van der Waals surface area contributed by atoms with E-state index in [-0.39, 0.29) is 37.3 Å². The molecule has 0 unspecified atom stereocenters. The van der Waals surface area contributed by atoms with Crippen LogP contribution in [0.25, 0.3) is 0 Å². The van der Waals surface area contributed by atoms with Crippen LogP contribution in [0.3, 0.4) is 0 Å². The van der Waals surface area contributed by atoms with Crippen LogP contribution < -0.4 is 0 Å². The molecule has 59 heavy (non-hydrogen) atoms. The quantitative estimate of drug-likeness (QED) is 0.227. The summed E-state index contributed by atoms with van der Waals surface area (Å²) in [5, 5.41) is 59.6. The molecule has 1 aromatic rings. The number of aliphatic hydroxyl groups is 5. The highest BCUT2D eigenvalue weighted by atomic mass is 16.7. The molecule has 18 atom stereocenters. The molecule has 4 rings (SSSR count). The number of cyclic esters (lactones) is 1. The minimum Gasteiger partial charge on any atom is -0.459 e. The SMILES string of the molecule is CC[C@H]1OC(=O)[C@H](C)[C@@H](O[C@H]2C[C@@](C)(OC)[C@@H](O)[C@H](C)O2)[C@H](C)[C@@H](O[C@@H]2O[C@H](C)C[C@H](N(C)C)[C@H]2O)[C@](C)(O)C[C@@H](C)CN(Cc2ccc(C)cc2)[C@H](C)[C@@H](O)[C@]1(C)O. The Bertz CT molecular complexity index is 1480. The average molecular weight is 839 g/mol. The first-order valence-corrected chi connectivity index (χ1v) is 21.7. The second kappa shape index (κ2) is 20.2. The van der Waals surface area contributed by atoms with Crippen molar-refractivity contribution in [1.29, 1.82) is 0 Å². The number of ether oxygens (including phenoxy) is 6. The van der Waals surface area contributed by atoms with Crippen molar-refractivity contribution in [2.24, 2.45) is 17.8 Å². The molecule has 0 spiro atoms. The smallest absolute Gasteiger partial charge is 0.311 e. The van der Waals surface area contributed by atoms with Gasteiger partial charge in [0.15, 0.2) is 12.6 Å². The van der Waals surface area contributed by atoms with Crippen molar-refractivity contribution in [3.63, 3.8) is 0 Å². The molecule has 340 valence electrons. The molecule has 0 radical (unpaired) electrons. The Labute approximate surface area is 353 Å². The van der Waals surface area contributed by atoms with E-state index in [2.05, 4.69) is 4.90 Å². The first-order chi connectivity index (χ1) is 27.4. The summed E-state index contributed by atoms with van der Waals surface area (Å²) in [6.45, 7) is 20.7. The summed E-state index contributed by atoms with van der Waals surface area (Å²) in [5.41, 5.74) is -2.37. The molecular weight excluding hydrogens is 760 g/mol. The second-order valence-electron chi connectivity index (χ2n) is 19.1. The Balaban J connectivity index is 1.85. The number of methoxy groups -OCH3 is 1. The number of carbonyl (C=O) groups excluding carboxylic acids is 1. The summed E-state index contributed by atoms with van der Waals surface area (Å²) in [6.07, 6.45) is -8.51. The van der Waals surface area contributed by atoms with Gasteiger partial charge >= 0.3 is 5.97 Å². The average Bonchev–Trinajstić information content (AvgIpc) is 3.16. The molecule has 0 aromatic heterocycles.